The maximum atomic E-state index is 6.19. The van der Waals surface area contributed by atoms with Gasteiger partial charge in [-0.2, -0.15) is 0 Å². The van der Waals surface area contributed by atoms with Gasteiger partial charge < -0.3 is 10.5 Å². The van der Waals surface area contributed by atoms with E-state index in [2.05, 4.69) is 16.3 Å². The van der Waals surface area contributed by atoms with Crippen LogP contribution in [0.1, 0.15) is 21.7 Å². The van der Waals surface area contributed by atoms with E-state index in [0.717, 1.165) is 29.3 Å². The number of nitrogens with two attached hydrogens (primary N) is 1. The van der Waals surface area contributed by atoms with Gasteiger partial charge >= 0.3 is 0 Å². The van der Waals surface area contributed by atoms with Crippen LogP contribution in [0.15, 0.2) is 18.3 Å². The molecule has 112 valence electrons. The molecule has 0 radical (unpaired) electrons. The van der Waals surface area contributed by atoms with E-state index in [4.69, 9.17) is 10.5 Å². The first-order valence-corrected chi connectivity index (χ1v) is 8.69. The highest BCUT2D eigenvalue weighted by Gasteiger charge is 2.27. The van der Waals surface area contributed by atoms with Crippen molar-refractivity contribution in [3.63, 3.8) is 0 Å². The number of ether oxygens (including phenoxy) is 1. The first kappa shape index (κ1) is 13.7. The van der Waals surface area contributed by atoms with Gasteiger partial charge in [-0.1, -0.05) is 0 Å². The summed E-state index contributed by atoms with van der Waals surface area (Å²) in [5.74, 6) is 1.27. The molecule has 0 saturated carbocycles. The van der Waals surface area contributed by atoms with E-state index in [0.29, 0.717) is 5.82 Å². The van der Waals surface area contributed by atoms with Crippen LogP contribution in [0.25, 0.3) is 10.4 Å². The van der Waals surface area contributed by atoms with E-state index in [9.17, 15) is 0 Å². The van der Waals surface area contributed by atoms with Crippen molar-refractivity contribution in [3.05, 3.63) is 40.0 Å². The van der Waals surface area contributed by atoms with Crippen molar-refractivity contribution < 1.29 is 4.74 Å². The molecule has 0 fully saturated rings. The molecule has 3 heterocycles. The van der Waals surface area contributed by atoms with Gasteiger partial charge in [0.2, 0.25) is 0 Å². The molecule has 6 heteroatoms. The molecule has 1 aliphatic carbocycles. The van der Waals surface area contributed by atoms with Crippen LogP contribution in [-0.4, -0.2) is 9.36 Å². The number of anilines is 1. The largest absolute Gasteiger partial charge is 0.444 e. The number of rotatable bonds is 2. The highest BCUT2D eigenvalue weighted by atomic mass is 32.1. The third-order valence-electron chi connectivity index (χ3n) is 3.95. The molecule has 2 N–H and O–H groups in total. The Kier molecular flexibility index (Phi) is 3.16. The van der Waals surface area contributed by atoms with Crippen LogP contribution in [0, 0.1) is 13.8 Å². The highest BCUT2D eigenvalue weighted by molar-refractivity contribution is 7.15. The fourth-order valence-corrected chi connectivity index (χ4v) is 4.83. The Morgan fingerprint density at radius 3 is 2.91 bits per heavy atom. The zero-order chi connectivity index (χ0) is 15.3. The van der Waals surface area contributed by atoms with Gasteiger partial charge in [0.25, 0.3) is 0 Å². The van der Waals surface area contributed by atoms with Crippen LogP contribution in [0.3, 0.4) is 0 Å². The van der Waals surface area contributed by atoms with Gasteiger partial charge in [-0.25, -0.2) is 9.36 Å². The first-order chi connectivity index (χ1) is 10.6. The van der Waals surface area contributed by atoms with E-state index in [1.54, 1.807) is 28.9 Å². The molecule has 0 atom stereocenters. The van der Waals surface area contributed by atoms with Gasteiger partial charge in [0.15, 0.2) is 5.06 Å². The molecule has 22 heavy (non-hydrogen) atoms. The van der Waals surface area contributed by atoms with Crippen LogP contribution in [0.4, 0.5) is 5.82 Å². The number of fused-ring (bicyclic) bond motifs is 3. The molecule has 0 aliphatic heterocycles. The molecule has 3 aromatic heterocycles. The molecular formula is C16H15N3OS2. The van der Waals surface area contributed by atoms with Crippen molar-refractivity contribution in [1.82, 2.24) is 9.36 Å². The summed E-state index contributed by atoms with van der Waals surface area (Å²) in [6.07, 6.45) is 4.11. The molecule has 0 unspecified atom stereocenters. The Balaban J connectivity index is 1.81. The third kappa shape index (κ3) is 2.10. The first-order valence-electron chi connectivity index (χ1n) is 7.10. The number of hydrogen-bond donors (Lipinski definition) is 1. The summed E-state index contributed by atoms with van der Waals surface area (Å²) in [7, 11) is 0. The lowest BCUT2D eigenvalue weighted by molar-refractivity contribution is 0.490. The van der Waals surface area contributed by atoms with Crippen molar-refractivity contribution in [1.29, 1.82) is 0 Å². The molecular weight excluding hydrogens is 314 g/mol. The molecule has 4 nitrogen and oxygen atoms in total. The van der Waals surface area contributed by atoms with Gasteiger partial charge in [0.05, 0.1) is 16.1 Å². The van der Waals surface area contributed by atoms with Crippen LogP contribution < -0.4 is 10.5 Å². The fraction of sp³-hybridized carbons (Fsp3) is 0.250. The maximum Gasteiger partial charge on any atom is 0.190 e. The Hall–Kier alpha value is -1.92. The molecule has 4 rings (SSSR count). The minimum Gasteiger partial charge on any atom is -0.444 e. The number of aryl methyl sites for hydroxylation is 3. The lowest BCUT2D eigenvalue weighted by atomic mass is 9.94. The quantitative estimate of drug-likeness (QED) is 0.759. The molecule has 0 saturated heterocycles. The predicted octanol–water partition coefficient (Wildman–Crippen LogP) is 4.36. The number of nitrogens with zero attached hydrogens (tertiary/aromatic N) is 2. The topological polar surface area (TPSA) is 61.0 Å². The van der Waals surface area contributed by atoms with Crippen LogP contribution in [0.2, 0.25) is 0 Å². The number of nitrogen functional groups attached to an aromatic ring is 1. The van der Waals surface area contributed by atoms with Crippen LogP contribution in [-0.2, 0) is 12.8 Å². The summed E-state index contributed by atoms with van der Waals surface area (Å²) in [5, 5.41) is 0.937. The summed E-state index contributed by atoms with van der Waals surface area (Å²) >= 11 is 3.26. The van der Waals surface area contributed by atoms with E-state index >= 15 is 0 Å². The van der Waals surface area contributed by atoms with Gasteiger partial charge in [0, 0.05) is 11.1 Å². The van der Waals surface area contributed by atoms with Crippen molar-refractivity contribution in [2.45, 2.75) is 26.7 Å². The average Bonchev–Trinajstić information content (AvgIpc) is 3.06. The summed E-state index contributed by atoms with van der Waals surface area (Å²) in [5.41, 5.74) is 10.5. The molecule has 1 aliphatic rings. The number of hydrogen-bond acceptors (Lipinski definition) is 6. The Bertz CT molecular complexity index is 866. The van der Waals surface area contributed by atoms with Gasteiger partial charge in [-0.15, -0.1) is 11.3 Å². The van der Waals surface area contributed by atoms with Gasteiger partial charge in [-0.3, -0.25) is 0 Å². The summed E-state index contributed by atoms with van der Waals surface area (Å²) in [4.78, 5) is 6.85. The SMILES string of the molecule is Cc1nc(N)ccc1Oc1sc(C)c2c1-c1sncc1CC2. The zero-order valence-electron chi connectivity index (χ0n) is 12.3. The third-order valence-corrected chi connectivity index (χ3v) is 5.84. The van der Waals surface area contributed by atoms with Crippen molar-refractivity contribution in [2.75, 3.05) is 5.73 Å². The monoisotopic (exact) mass is 329 g/mol. The molecule has 0 aromatic carbocycles. The van der Waals surface area contributed by atoms with E-state index in [-0.39, 0.29) is 0 Å². The van der Waals surface area contributed by atoms with Crippen molar-refractivity contribution in [2.24, 2.45) is 0 Å². The van der Waals surface area contributed by atoms with Gasteiger partial charge in [-0.05, 0) is 61.5 Å². The number of thiophene rings is 1. The Labute approximate surface area is 136 Å². The van der Waals surface area contributed by atoms with Crippen molar-refractivity contribution in [3.8, 4) is 21.3 Å². The molecule has 0 spiro atoms. The standard InChI is InChI=1S/C16H15N3OS2/c1-8-12(5-6-13(17)19-8)20-16-14-11(9(2)21-16)4-3-10-7-18-22-15(10)14/h5-7H,3-4H2,1-2H3,(H2,17,19). The molecule has 0 amide bonds. The maximum absolute atomic E-state index is 6.19. The lowest BCUT2D eigenvalue weighted by Crippen LogP contribution is -2.01. The summed E-state index contributed by atoms with van der Waals surface area (Å²) < 4.78 is 10.5. The number of aromatic nitrogens is 2. The van der Waals surface area contributed by atoms with Crippen LogP contribution in [0.5, 0.6) is 10.8 Å². The minimum atomic E-state index is 0.513. The predicted molar refractivity (Wildman–Crippen MR) is 91.0 cm³/mol. The second-order valence-corrected chi connectivity index (χ2v) is 7.39. The summed E-state index contributed by atoms with van der Waals surface area (Å²) in [6.45, 7) is 4.08. The van der Waals surface area contributed by atoms with E-state index in [1.165, 1.54) is 26.4 Å². The fourth-order valence-electron chi connectivity index (χ4n) is 2.83. The van der Waals surface area contributed by atoms with E-state index in [1.807, 2.05) is 19.2 Å². The molecule has 3 aromatic rings. The minimum absolute atomic E-state index is 0.513. The zero-order valence-corrected chi connectivity index (χ0v) is 14.0. The second-order valence-electron chi connectivity index (χ2n) is 5.40. The molecule has 0 bridgehead atoms. The van der Waals surface area contributed by atoms with E-state index < -0.39 is 0 Å². The smallest absolute Gasteiger partial charge is 0.190 e. The summed E-state index contributed by atoms with van der Waals surface area (Å²) in [6, 6.07) is 3.66. The van der Waals surface area contributed by atoms with Crippen LogP contribution >= 0.6 is 22.9 Å². The lowest BCUT2D eigenvalue weighted by Gasteiger charge is -2.14. The average molecular weight is 329 g/mol. The Morgan fingerprint density at radius 1 is 1.23 bits per heavy atom. The number of pyridine rings is 1. The van der Waals surface area contributed by atoms with Crippen molar-refractivity contribution >= 4 is 28.7 Å². The second kappa shape index (κ2) is 5.07. The Morgan fingerprint density at radius 2 is 2.09 bits per heavy atom. The normalized spacial score (nSPS) is 12.8. The van der Waals surface area contributed by atoms with Gasteiger partial charge in [0.1, 0.15) is 11.6 Å². The highest BCUT2D eigenvalue weighted by Crippen LogP contribution is 2.49.